The summed E-state index contributed by atoms with van der Waals surface area (Å²) in [6.45, 7) is 1.90. The highest BCUT2D eigenvalue weighted by molar-refractivity contribution is 7.89. The number of rotatable bonds is 6. The Hall–Kier alpha value is -1.67. The normalized spacial score (nSPS) is 17.0. The minimum Gasteiger partial charge on any atom is -0.377 e. The number of hydrogen-bond acceptors (Lipinski definition) is 5. The summed E-state index contributed by atoms with van der Waals surface area (Å²) in [6.07, 6.45) is 7.82. The quantitative estimate of drug-likeness (QED) is 0.601. The van der Waals surface area contributed by atoms with Crippen molar-refractivity contribution >= 4 is 21.4 Å². The first-order valence-electron chi connectivity index (χ1n) is 8.48. The molecule has 0 bridgehead atoms. The number of anilines is 1. The number of hydrogen-bond donors (Lipinski definition) is 2. The van der Waals surface area contributed by atoms with Crippen molar-refractivity contribution in [1.82, 2.24) is 4.72 Å². The predicted octanol–water partition coefficient (Wildman–Crippen LogP) is 3.42. The van der Waals surface area contributed by atoms with Gasteiger partial charge in [-0.2, -0.15) is 0 Å². The number of sulfonamides is 1. The number of nitro benzene ring substituents is 1. The summed E-state index contributed by atoms with van der Waals surface area (Å²) in [6, 6.07) is 4.24. The van der Waals surface area contributed by atoms with Crippen molar-refractivity contribution < 1.29 is 13.3 Å². The van der Waals surface area contributed by atoms with Gasteiger partial charge in [0.15, 0.2) is 0 Å². The van der Waals surface area contributed by atoms with Crippen molar-refractivity contribution in [3.8, 4) is 0 Å². The zero-order valence-electron chi connectivity index (χ0n) is 14.0. The SMILES string of the molecule is CCNS(=O)(=O)c1ccc(NC2CCCCCCC2)c([N+](=O)[O-])c1. The van der Waals surface area contributed by atoms with Crippen LogP contribution in [0.4, 0.5) is 11.4 Å². The van der Waals surface area contributed by atoms with Crippen LogP contribution in [0.25, 0.3) is 0 Å². The minimum atomic E-state index is -3.71. The first-order valence-corrected chi connectivity index (χ1v) is 9.97. The number of benzene rings is 1. The summed E-state index contributed by atoms with van der Waals surface area (Å²) >= 11 is 0. The minimum absolute atomic E-state index is 0.0840. The van der Waals surface area contributed by atoms with E-state index in [0.29, 0.717) is 5.69 Å². The van der Waals surface area contributed by atoms with E-state index in [0.717, 1.165) is 31.7 Å². The zero-order chi connectivity index (χ0) is 17.6. The summed E-state index contributed by atoms with van der Waals surface area (Å²) < 4.78 is 26.4. The summed E-state index contributed by atoms with van der Waals surface area (Å²) in [7, 11) is -3.71. The molecule has 0 unspecified atom stereocenters. The van der Waals surface area contributed by atoms with Crippen LogP contribution in [-0.2, 0) is 10.0 Å². The van der Waals surface area contributed by atoms with Gasteiger partial charge in [0, 0.05) is 18.7 Å². The molecule has 1 fully saturated rings. The molecule has 1 saturated carbocycles. The largest absolute Gasteiger partial charge is 0.377 e. The van der Waals surface area contributed by atoms with E-state index in [1.54, 1.807) is 6.92 Å². The topological polar surface area (TPSA) is 101 Å². The smallest absolute Gasteiger partial charge is 0.293 e. The van der Waals surface area contributed by atoms with Gasteiger partial charge in [0.05, 0.1) is 9.82 Å². The fraction of sp³-hybridized carbons (Fsp3) is 0.625. The standard InChI is InChI=1S/C16H25N3O4S/c1-2-17-24(22,23)14-10-11-15(16(12-14)19(20)21)18-13-8-6-4-3-5-7-9-13/h10-13,17-18H,2-9H2,1H3. The van der Waals surface area contributed by atoms with E-state index >= 15 is 0 Å². The van der Waals surface area contributed by atoms with Crippen LogP contribution in [0.1, 0.15) is 51.9 Å². The molecular formula is C16H25N3O4S. The number of nitrogens with zero attached hydrogens (tertiary/aromatic N) is 1. The van der Waals surface area contributed by atoms with Crippen LogP contribution in [0.15, 0.2) is 23.1 Å². The van der Waals surface area contributed by atoms with Gasteiger partial charge in [-0.05, 0) is 25.0 Å². The summed E-state index contributed by atoms with van der Waals surface area (Å²) in [5, 5.41) is 14.6. The van der Waals surface area contributed by atoms with Crippen molar-refractivity contribution in [3.05, 3.63) is 28.3 Å². The van der Waals surface area contributed by atoms with Crippen LogP contribution in [-0.4, -0.2) is 25.9 Å². The third-order valence-corrected chi connectivity index (χ3v) is 5.82. The molecule has 0 spiro atoms. The van der Waals surface area contributed by atoms with E-state index in [-0.39, 0.29) is 23.2 Å². The lowest BCUT2D eigenvalue weighted by Gasteiger charge is -2.22. The molecule has 134 valence electrons. The second kappa shape index (κ2) is 8.43. The van der Waals surface area contributed by atoms with Crippen LogP contribution in [0.3, 0.4) is 0 Å². The Morgan fingerprint density at radius 1 is 1.17 bits per heavy atom. The van der Waals surface area contributed by atoms with E-state index in [2.05, 4.69) is 10.0 Å². The Balaban J connectivity index is 2.24. The highest BCUT2D eigenvalue weighted by Gasteiger charge is 2.22. The molecule has 2 rings (SSSR count). The highest BCUT2D eigenvalue weighted by atomic mass is 32.2. The fourth-order valence-electron chi connectivity index (χ4n) is 3.05. The average molecular weight is 355 g/mol. The molecule has 0 amide bonds. The van der Waals surface area contributed by atoms with Gasteiger partial charge in [-0.3, -0.25) is 10.1 Å². The lowest BCUT2D eigenvalue weighted by Crippen LogP contribution is -2.24. The monoisotopic (exact) mass is 355 g/mol. The van der Waals surface area contributed by atoms with Gasteiger partial charge in [-0.15, -0.1) is 0 Å². The molecule has 0 heterocycles. The number of nitrogens with one attached hydrogen (secondary N) is 2. The van der Waals surface area contributed by atoms with Crippen molar-refractivity contribution in [2.45, 2.75) is 62.8 Å². The lowest BCUT2D eigenvalue weighted by molar-refractivity contribution is -0.384. The van der Waals surface area contributed by atoms with E-state index in [1.165, 1.54) is 31.4 Å². The molecule has 1 aliphatic rings. The second-order valence-electron chi connectivity index (χ2n) is 6.12. The van der Waals surface area contributed by atoms with Gasteiger partial charge >= 0.3 is 0 Å². The van der Waals surface area contributed by atoms with Crippen molar-refractivity contribution in [2.24, 2.45) is 0 Å². The molecule has 0 aliphatic heterocycles. The first kappa shape index (κ1) is 18.7. The van der Waals surface area contributed by atoms with Crippen LogP contribution in [0, 0.1) is 10.1 Å². The average Bonchev–Trinajstić information content (AvgIpc) is 2.49. The molecule has 1 aliphatic carbocycles. The Morgan fingerprint density at radius 2 is 1.79 bits per heavy atom. The molecule has 1 aromatic rings. The first-order chi connectivity index (χ1) is 11.4. The van der Waals surface area contributed by atoms with Gasteiger partial charge in [0.1, 0.15) is 5.69 Å². The van der Waals surface area contributed by atoms with Gasteiger partial charge < -0.3 is 5.32 Å². The second-order valence-corrected chi connectivity index (χ2v) is 7.89. The molecule has 7 nitrogen and oxygen atoms in total. The molecule has 2 N–H and O–H groups in total. The maximum Gasteiger partial charge on any atom is 0.293 e. The maximum atomic E-state index is 12.0. The van der Waals surface area contributed by atoms with E-state index < -0.39 is 14.9 Å². The van der Waals surface area contributed by atoms with Crippen molar-refractivity contribution in [2.75, 3.05) is 11.9 Å². The van der Waals surface area contributed by atoms with Crippen LogP contribution < -0.4 is 10.0 Å². The Labute approximate surface area is 143 Å². The van der Waals surface area contributed by atoms with Crippen molar-refractivity contribution in [3.63, 3.8) is 0 Å². The Morgan fingerprint density at radius 3 is 2.38 bits per heavy atom. The van der Waals surface area contributed by atoms with Gasteiger partial charge in [-0.25, -0.2) is 13.1 Å². The molecular weight excluding hydrogens is 330 g/mol. The van der Waals surface area contributed by atoms with Gasteiger partial charge in [0.2, 0.25) is 10.0 Å². The van der Waals surface area contributed by atoms with Crippen LogP contribution in [0.2, 0.25) is 0 Å². The molecule has 0 saturated heterocycles. The molecule has 8 heteroatoms. The van der Waals surface area contributed by atoms with Gasteiger partial charge in [-0.1, -0.05) is 39.0 Å². The van der Waals surface area contributed by atoms with Crippen LogP contribution >= 0.6 is 0 Å². The highest BCUT2D eigenvalue weighted by Crippen LogP contribution is 2.30. The zero-order valence-corrected chi connectivity index (χ0v) is 14.8. The summed E-state index contributed by atoms with van der Waals surface area (Å²) in [4.78, 5) is 10.8. The fourth-order valence-corrected chi connectivity index (χ4v) is 4.11. The Kier molecular flexibility index (Phi) is 6.56. The summed E-state index contributed by atoms with van der Waals surface area (Å²) in [5.74, 6) is 0. The van der Waals surface area contributed by atoms with Crippen molar-refractivity contribution in [1.29, 1.82) is 0 Å². The molecule has 0 atom stereocenters. The number of nitro groups is 1. The van der Waals surface area contributed by atoms with Gasteiger partial charge in [0.25, 0.3) is 5.69 Å². The Bertz CT molecular complexity index is 668. The molecule has 1 aromatic carbocycles. The van der Waals surface area contributed by atoms with E-state index in [4.69, 9.17) is 0 Å². The lowest BCUT2D eigenvalue weighted by atomic mass is 9.96. The molecule has 0 aromatic heterocycles. The molecule has 24 heavy (non-hydrogen) atoms. The van der Waals surface area contributed by atoms with E-state index in [1.807, 2.05) is 0 Å². The van der Waals surface area contributed by atoms with E-state index in [9.17, 15) is 18.5 Å². The third-order valence-electron chi connectivity index (χ3n) is 4.28. The molecule has 0 radical (unpaired) electrons. The van der Waals surface area contributed by atoms with Crippen LogP contribution in [0.5, 0.6) is 0 Å². The predicted molar refractivity (Wildman–Crippen MR) is 93.7 cm³/mol. The summed E-state index contributed by atoms with van der Waals surface area (Å²) in [5.41, 5.74) is 0.192. The third kappa shape index (κ3) is 4.91. The maximum absolute atomic E-state index is 12.0.